The van der Waals surface area contributed by atoms with Gasteiger partial charge in [-0.05, 0) is 19.2 Å². The van der Waals surface area contributed by atoms with Crippen molar-refractivity contribution in [3.8, 4) is 5.75 Å². The largest absolute Gasteiger partial charge is 0.507 e. The molecule has 0 radical (unpaired) electrons. The van der Waals surface area contributed by atoms with Gasteiger partial charge in [0.15, 0.2) is 0 Å². The van der Waals surface area contributed by atoms with Gasteiger partial charge in [-0.3, -0.25) is 0 Å². The molecule has 0 amide bonds. The van der Waals surface area contributed by atoms with Gasteiger partial charge in [-0.15, -0.1) is 0 Å². The first kappa shape index (κ1) is 14.1. The highest BCUT2D eigenvalue weighted by Crippen LogP contribution is 2.41. The predicted molar refractivity (Wildman–Crippen MR) is 57.0 cm³/mol. The van der Waals surface area contributed by atoms with Gasteiger partial charge in [-0.25, -0.2) is 0 Å². The molecule has 17 heavy (non-hydrogen) atoms. The number of halogens is 4. The first-order chi connectivity index (χ1) is 7.77. The summed E-state index contributed by atoms with van der Waals surface area (Å²) in [4.78, 5) is 0. The van der Waals surface area contributed by atoms with E-state index in [2.05, 4.69) is 5.32 Å². The third-order valence-corrected chi connectivity index (χ3v) is 2.38. The molecule has 0 bridgehead atoms. The Labute approximate surface area is 101 Å². The van der Waals surface area contributed by atoms with Crippen LogP contribution in [0.1, 0.15) is 17.2 Å². The van der Waals surface area contributed by atoms with Gasteiger partial charge in [0.2, 0.25) is 0 Å². The van der Waals surface area contributed by atoms with Crippen LogP contribution in [0.15, 0.2) is 12.1 Å². The van der Waals surface area contributed by atoms with Crippen molar-refractivity contribution < 1.29 is 23.4 Å². The van der Waals surface area contributed by atoms with Gasteiger partial charge in [0.25, 0.3) is 0 Å². The van der Waals surface area contributed by atoms with Gasteiger partial charge in [0.1, 0.15) is 5.75 Å². The number of benzene rings is 1. The van der Waals surface area contributed by atoms with Crippen LogP contribution in [-0.4, -0.2) is 23.8 Å². The summed E-state index contributed by atoms with van der Waals surface area (Å²) >= 11 is 5.53. The van der Waals surface area contributed by atoms with Crippen LogP contribution in [0.25, 0.3) is 0 Å². The molecular weight excluding hydrogens is 259 g/mol. The van der Waals surface area contributed by atoms with Crippen LogP contribution < -0.4 is 5.32 Å². The van der Waals surface area contributed by atoms with Crippen LogP contribution in [0.4, 0.5) is 13.2 Å². The number of aromatic hydroxyl groups is 1. The number of hydrogen-bond acceptors (Lipinski definition) is 3. The van der Waals surface area contributed by atoms with Crippen molar-refractivity contribution in [1.29, 1.82) is 0 Å². The molecule has 1 aromatic rings. The van der Waals surface area contributed by atoms with Crippen molar-refractivity contribution in [3.63, 3.8) is 0 Å². The van der Waals surface area contributed by atoms with Gasteiger partial charge in [0.05, 0.1) is 11.7 Å². The highest BCUT2D eigenvalue weighted by Gasteiger charge is 2.36. The number of nitrogens with one attached hydrogen (secondary N) is 1. The molecule has 0 aliphatic heterocycles. The van der Waals surface area contributed by atoms with E-state index < -0.39 is 23.6 Å². The summed E-state index contributed by atoms with van der Waals surface area (Å²) in [5.41, 5.74) is -1.51. The third kappa shape index (κ3) is 3.24. The van der Waals surface area contributed by atoms with Gasteiger partial charge in [-0.2, -0.15) is 13.2 Å². The molecule has 0 saturated carbocycles. The van der Waals surface area contributed by atoms with Crippen LogP contribution in [0.2, 0.25) is 5.02 Å². The highest BCUT2D eigenvalue weighted by molar-refractivity contribution is 6.30. The molecule has 1 unspecified atom stereocenters. The normalized spacial score (nSPS) is 13.8. The van der Waals surface area contributed by atoms with Crippen LogP contribution in [0.5, 0.6) is 5.75 Å². The molecule has 3 nitrogen and oxygen atoms in total. The number of rotatable bonds is 3. The summed E-state index contributed by atoms with van der Waals surface area (Å²) in [6.45, 7) is 0.00516. The first-order valence-corrected chi connectivity index (χ1v) is 5.07. The number of hydrogen-bond donors (Lipinski definition) is 3. The summed E-state index contributed by atoms with van der Waals surface area (Å²) < 4.78 is 37.6. The lowest BCUT2D eigenvalue weighted by Crippen LogP contribution is -2.17. The van der Waals surface area contributed by atoms with E-state index in [0.717, 1.165) is 6.07 Å². The van der Waals surface area contributed by atoms with Gasteiger partial charge >= 0.3 is 6.18 Å². The zero-order chi connectivity index (χ0) is 13.2. The minimum atomic E-state index is -4.72. The summed E-state index contributed by atoms with van der Waals surface area (Å²) in [6.07, 6.45) is -5.98. The Morgan fingerprint density at radius 2 is 2.00 bits per heavy atom. The second-order valence-electron chi connectivity index (χ2n) is 3.46. The van der Waals surface area contributed by atoms with E-state index in [1.807, 2.05) is 0 Å². The van der Waals surface area contributed by atoms with Crippen molar-refractivity contribution in [2.24, 2.45) is 0 Å². The fourth-order valence-electron chi connectivity index (χ4n) is 1.39. The quantitative estimate of drug-likeness (QED) is 0.789. The van der Waals surface area contributed by atoms with Crippen molar-refractivity contribution in [2.75, 3.05) is 13.6 Å². The maximum Gasteiger partial charge on any atom is 0.420 e. The summed E-state index contributed by atoms with van der Waals surface area (Å²) in [7, 11) is 1.52. The lowest BCUT2D eigenvalue weighted by Gasteiger charge is -2.17. The number of likely N-dealkylation sites (N-methyl/N-ethyl adjacent to an activating group) is 1. The van der Waals surface area contributed by atoms with E-state index in [0.29, 0.717) is 6.07 Å². The lowest BCUT2D eigenvalue weighted by molar-refractivity contribution is -0.138. The van der Waals surface area contributed by atoms with Crippen LogP contribution in [-0.2, 0) is 6.18 Å². The SMILES string of the molecule is CNCC(O)c1cc(Cl)cc(C(F)(F)F)c1O. The van der Waals surface area contributed by atoms with Crippen molar-refractivity contribution in [3.05, 3.63) is 28.3 Å². The molecule has 0 spiro atoms. The monoisotopic (exact) mass is 269 g/mol. The van der Waals surface area contributed by atoms with E-state index in [1.165, 1.54) is 7.05 Å². The third-order valence-electron chi connectivity index (χ3n) is 2.17. The summed E-state index contributed by atoms with van der Waals surface area (Å²) in [5, 5.41) is 21.4. The first-order valence-electron chi connectivity index (χ1n) is 4.69. The minimum Gasteiger partial charge on any atom is -0.507 e. The molecule has 0 aromatic heterocycles. The fraction of sp³-hybridized carbons (Fsp3) is 0.400. The van der Waals surface area contributed by atoms with E-state index in [1.54, 1.807) is 0 Å². The second-order valence-corrected chi connectivity index (χ2v) is 3.90. The molecule has 1 aromatic carbocycles. The van der Waals surface area contributed by atoms with Crippen molar-refractivity contribution in [1.82, 2.24) is 5.32 Å². The Kier molecular flexibility index (Phi) is 4.24. The molecular formula is C10H11ClF3NO2. The van der Waals surface area contributed by atoms with Gasteiger partial charge in [0, 0.05) is 17.1 Å². The molecule has 0 aliphatic rings. The Balaban J connectivity index is 3.28. The number of alkyl halides is 3. The Morgan fingerprint density at radius 3 is 2.47 bits per heavy atom. The standard InChI is InChI=1S/C10H11ClF3NO2/c1-15-4-8(16)6-2-5(11)3-7(9(6)17)10(12,13)14/h2-3,8,15-17H,4H2,1H3. The maximum absolute atomic E-state index is 12.5. The molecule has 7 heteroatoms. The molecule has 0 fully saturated rings. The molecule has 1 atom stereocenters. The van der Waals surface area contributed by atoms with Crippen LogP contribution in [0, 0.1) is 0 Å². The van der Waals surface area contributed by atoms with Crippen molar-refractivity contribution >= 4 is 11.6 Å². The van der Waals surface area contributed by atoms with Gasteiger partial charge in [-0.1, -0.05) is 11.6 Å². The Morgan fingerprint density at radius 1 is 1.41 bits per heavy atom. The maximum atomic E-state index is 12.5. The molecule has 0 saturated heterocycles. The molecule has 0 aliphatic carbocycles. The number of phenolic OH excluding ortho intramolecular Hbond substituents is 1. The summed E-state index contributed by atoms with van der Waals surface area (Å²) in [5.74, 6) is -0.996. The second kappa shape index (κ2) is 5.12. The molecule has 96 valence electrons. The molecule has 0 heterocycles. The van der Waals surface area contributed by atoms with E-state index >= 15 is 0 Å². The topological polar surface area (TPSA) is 52.5 Å². The number of phenols is 1. The van der Waals surface area contributed by atoms with Crippen molar-refractivity contribution in [2.45, 2.75) is 12.3 Å². The van der Waals surface area contributed by atoms with E-state index in [9.17, 15) is 23.4 Å². The smallest absolute Gasteiger partial charge is 0.420 e. The Hall–Kier alpha value is -0.980. The zero-order valence-corrected chi connectivity index (χ0v) is 9.60. The predicted octanol–water partition coefficient (Wildman–Crippen LogP) is 2.32. The lowest BCUT2D eigenvalue weighted by atomic mass is 10.0. The zero-order valence-electron chi connectivity index (χ0n) is 8.85. The average molecular weight is 270 g/mol. The summed E-state index contributed by atoms with van der Waals surface area (Å²) in [6, 6.07) is 1.72. The van der Waals surface area contributed by atoms with Crippen LogP contribution in [0.3, 0.4) is 0 Å². The van der Waals surface area contributed by atoms with Gasteiger partial charge < -0.3 is 15.5 Å². The van der Waals surface area contributed by atoms with E-state index in [4.69, 9.17) is 11.6 Å². The highest BCUT2D eigenvalue weighted by atomic mass is 35.5. The van der Waals surface area contributed by atoms with Crippen LogP contribution >= 0.6 is 11.6 Å². The number of aliphatic hydroxyl groups is 1. The Bertz CT molecular complexity index is 409. The van der Waals surface area contributed by atoms with E-state index in [-0.39, 0.29) is 17.1 Å². The fourth-order valence-corrected chi connectivity index (χ4v) is 1.62. The molecule has 3 N–H and O–H groups in total. The number of aliphatic hydroxyl groups excluding tert-OH is 1. The minimum absolute atomic E-state index is 0.00516. The average Bonchev–Trinajstić information content (AvgIpc) is 2.19. The molecule has 1 rings (SSSR count).